The van der Waals surface area contributed by atoms with Crippen molar-refractivity contribution in [3.05, 3.63) is 10.7 Å². The number of anilines is 2. The lowest BCUT2D eigenvalue weighted by Gasteiger charge is -2.29. The SMILES string of the molecule is COC(=O)Cc1c(Cl)nc(N2CCOCC2)nc1NC1CCCCC1. The van der Waals surface area contributed by atoms with Crippen molar-refractivity contribution in [1.29, 1.82) is 0 Å². The number of ether oxygens (including phenoxy) is 2. The highest BCUT2D eigenvalue weighted by atomic mass is 35.5. The number of halogens is 1. The van der Waals surface area contributed by atoms with Crippen molar-refractivity contribution in [3.63, 3.8) is 0 Å². The highest BCUT2D eigenvalue weighted by Gasteiger charge is 2.23. The first-order chi connectivity index (χ1) is 12.2. The van der Waals surface area contributed by atoms with E-state index in [2.05, 4.69) is 15.2 Å². The summed E-state index contributed by atoms with van der Waals surface area (Å²) in [5.41, 5.74) is 0.607. The van der Waals surface area contributed by atoms with E-state index in [1.807, 2.05) is 0 Å². The first kappa shape index (κ1) is 18.2. The Hall–Kier alpha value is -1.60. The highest BCUT2D eigenvalue weighted by molar-refractivity contribution is 6.30. The number of esters is 1. The van der Waals surface area contributed by atoms with Gasteiger partial charge >= 0.3 is 5.97 Å². The summed E-state index contributed by atoms with van der Waals surface area (Å²) in [7, 11) is 1.37. The zero-order valence-corrected chi connectivity index (χ0v) is 15.3. The number of hydrogen-bond acceptors (Lipinski definition) is 7. The molecule has 7 nitrogen and oxygen atoms in total. The topological polar surface area (TPSA) is 76.6 Å². The Morgan fingerprint density at radius 1 is 1.28 bits per heavy atom. The normalized spacial score (nSPS) is 18.9. The summed E-state index contributed by atoms with van der Waals surface area (Å²) in [6.45, 7) is 2.76. The van der Waals surface area contributed by atoms with E-state index in [4.69, 9.17) is 26.1 Å². The van der Waals surface area contributed by atoms with Gasteiger partial charge in [-0.15, -0.1) is 0 Å². The summed E-state index contributed by atoms with van der Waals surface area (Å²) in [5, 5.41) is 3.80. The molecule has 0 atom stereocenters. The zero-order valence-electron chi connectivity index (χ0n) is 14.6. The third-order valence-corrected chi connectivity index (χ3v) is 5.05. The molecule has 138 valence electrons. The molecule has 1 aromatic heterocycles. The molecule has 0 unspecified atom stereocenters. The van der Waals surface area contributed by atoms with E-state index in [1.54, 1.807) is 0 Å². The van der Waals surface area contributed by atoms with E-state index >= 15 is 0 Å². The zero-order chi connectivity index (χ0) is 17.6. The van der Waals surface area contributed by atoms with Crippen LogP contribution in [0.1, 0.15) is 37.7 Å². The van der Waals surface area contributed by atoms with Crippen LogP contribution >= 0.6 is 11.6 Å². The number of nitrogens with zero attached hydrogens (tertiary/aromatic N) is 3. The molecule has 0 bridgehead atoms. The quantitative estimate of drug-likeness (QED) is 0.631. The van der Waals surface area contributed by atoms with Crippen molar-refractivity contribution in [2.24, 2.45) is 0 Å². The van der Waals surface area contributed by atoms with Gasteiger partial charge in [-0.25, -0.2) is 4.98 Å². The molecular formula is C17H25ClN4O3. The Kier molecular flexibility index (Phi) is 6.31. The van der Waals surface area contributed by atoms with Crippen LogP contribution in [0.2, 0.25) is 5.15 Å². The van der Waals surface area contributed by atoms with Gasteiger partial charge in [-0.3, -0.25) is 4.79 Å². The van der Waals surface area contributed by atoms with Crippen molar-refractivity contribution in [3.8, 4) is 0 Å². The van der Waals surface area contributed by atoms with Crippen LogP contribution in [0.3, 0.4) is 0 Å². The average Bonchev–Trinajstić information content (AvgIpc) is 2.65. The Balaban J connectivity index is 1.87. The molecule has 0 aromatic carbocycles. The van der Waals surface area contributed by atoms with Gasteiger partial charge in [-0.1, -0.05) is 30.9 Å². The van der Waals surface area contributed by atoms with Gasteiger partial charge in [0.15, 0.2) is 0 Å². The molecule has 0 amide bonds. The van der Waals surface area contributed by atoms with E-state index in [9.17, 15) is 4.79 Å². The summed E-state index contributed by atoms with van der Waals surface area (Å²) >= 11 is 6.42. The van der Waals surface area contributed by atoms with Gasteiger partial charge < -0.3 is 19.7 Å². The highest BCUT2D eigenvalue weighted by Crippen LogP contribution is 2.29. The number of carbonyl (C=O) groups is 1. The molecule has 0 spiro atoms. The monoisotopic (exact) mass is 368 g/mol. The van der Waals surface area contributed by atoms with Crippen LogP contribution in [-0.2, 0) is 20.7 Å². The fourth-order valence-electron chi connectivity index (χ4n) is 3.28. The number of rotatable bonds is 5. The van der Waals surface area contributed by atoms with E-state index in [1.165, 1.54) is 26.4 Å². The van der Waals surface area contributed by atoms with Gasteiger partial charge in [0, 0.05) is 24.7 Å². The minimum absolute atomic E-state index is 0.0633. The van der Waals surface area contributed by atoms with Gasteiger partial charge in [0.05, 0.1) is 26.7 Å². The largest absolute Gasteiger partial charge is 0.469 e. The minimum Gasteiger partial charge on any atom is -0.469 e. The van der Waals surface area contributed by atoms with Crippen molar-refractivity contribution in [1.82, 2.24) is 9.97 Å². The van der Waals surface area contributed by atoms with Gasteiger partial charge in [0.2, 0.25) is 5.95 Å². The summed E-state index contributed by atoms with van der Waals surface area (Å²) in [4.78, 5) is 22.9. The van der Waals surface area contributed by atoms with Gasteiger partial charge in [0.25, 0.3) is 0 Å². The fourth-order valence-corrected chi connectivity index (χ4v) is 3.51. The second kappa shape index (κ2) is 8.67. The van der Waals surface area contributed by atoms with Crippen LogP contribution in [0.4, 0.5) is 11.8 Å². The molecule has 1 aromatic rings. The Labute approximate surface area is 153 Å². The number of hydrogen-bond donors (Lipinski definition) is 1. The standard InChI is InChI=1S/C17H25ClN4O3/c1-24-14(23)11-13-15(18)20-17(22-7-9-25-10-8-22)21-16(13)19-12-5-3-2-4-6-12/h12H,2-11H2,1H3,(H,19,20,21). The molecule has 2 heterocycles. The third kappa shape index (κ3) is 4.73. The first-order valence-corrected chi connectivity index (χ1v) is 9.27. The third-order valence-electron chi connectivity index (χ3n) is 4.73. The van der Waals surface area contributed by atoms with Crippen LogP contribution < -0.4 is 10.2 Å². The molecule has 1 saturated carbocycles. The molecule has 3 rings (SSSR count). The summed E-state index contributed by atoms with van der Waals surface area (Å²) in [6, 6.07) is 0.355. The molecular weight excluding hydrogens is 344 g/mol. The van der Waals surface area contributed by atoms with Crippen LogP contribution in [0.25, 0.3) is 0 Å². The van der Waals surface area contributed by atoms with E-state index in [0.29, 0.717) is 41.7 Å². The molecule has 8 heteroatoms. The molecule has 1 saturated heterocycles. The molecule has 25 heavy (non-hydrogen) atoms. The van der Waals surface area contributed by atoms with Crippen molar-refractivity contribution < 1.29 is 14.3 Å². The second-order valence-corrected chi connectivity index (χ2v) is 6.83. The van der Waals surface area contributed by atoms with E-state index < -0.39 is 0 Å². The van der Waals surface area contributed by atoms with E-state index in [0.717, 1.165) is 25.9 Å². The predicted molar refractivity (Wildman–Crippen MR) is 96.3 cm³/mol. The number of carbonyl (C=O) groups excluding carboxylic acids is 1. The van der Waals surface area contributed by atoms with Crippen LogP contribution in [-0.4, -0.2) is 55.4 Å². The maximum absolute atomic E-state index is 11.8. The van der Waals surface area contributed by atoms with Crippen LogP contribution in [0.15, 0.2) is 0 Å². The molecule has 1 N–H and O–H groups in total. The van der Waals surface area contributed by atoms with Gasteiger partial charge in [-0.05, 0) is 12.8 Å². The summed E-state index contributed by atoms with van der Waals surface area (Å²) in [6.07, 6.45) is 5.96. The lowest BCUT2D eigenvalue weighted by atomic mass is 9.95. The Morgan fingerprint density at radius 3 is 2.68 bits per heavy atom. The minimum atomic E-state index is -0.351. The molecule has 1 aliphatic heterocycles. The lowest BCUT2D eigenvalue weighted by Crippen LogP contribution is -2.37. The number of aromatic nitrogens is 2. The Bertz CT molecular complexity index is 602. The van der Waals surface area contributed by atoms with Crippen molar-refractivity contribution >= 4 is 29.3 Å². The van der Waals surface area contributed by atoms with Crippen LogP contribution in [0.5, 0.6) is 0 Å². The van der Waals surface area contributed by atoms with E-state index in [-0.39, 0.29) is 12.4 Å². The maximum atomic E-state index is 11.8. The Morgan fingerprint density at radius 2 is 2.00 bits per heavy atom. The van der Waals surface area contributed by atoms with Gasteiger partial charge in [0.1, 0.15) is 11.0 Å². The lowest BCUT2D eigenvalue weighted by molar-refractivity contribution is -0.139. The van der Waals surface area contributed by atoms with Crippen molar-refractivity contribution in [2.75, 3.05) is 43.6 Å². The fraction of sp³-hybridized carbons (Fsp3) is 0.706. The van der Waals surface area contributed by atoms with Crippen LogP contribution in [0, 0.1) is 0 Å². The average molecular weight is 369 g/mol. The second-order valence-electron chi connectivity index (χ2n) is 6.47. The number of methoxy groups -OCH3 is 1. The van der Waals surface area contributed by atoms with Crippen molar-refractivity contribution in [2.45, 2.75) is 44.6 Å². The molecule has 0 radical (unpaired) electrons. The smallest absolute Gasteiger partial charge is 0.310 e. The maximum Gasteiger partial charge on any atom is 0.310 e. The van der Waals surface area contributed by atoms with Gasteiger partial charge in [-0.2, -0.15) is 4.98 Å². The summed E-state index contributed by atoms with van der Waals surface area (Å²) < 4.78 is 10.2. The summed E-state index contributed by atoms with van der Waals surface area (Å²) in [5.74, 6) is 0.885. The molecule has 2 aliphatic rings. The molecule has 1 aliphatic carbocycles. The first-order valence-electron chi connectivity index (χ1n) is 8.90. The number of morpholine rings is 1. The number of nitrogens with one attached hydrogen (secondary N) is 1. The molecule has 2 fully saturated rings. The predicted octanol–water partition coefficient (Wildman–Crippen LogP) is 2.43.